The van der Waals surface area contributed by atoms with Crippen LogP contribution in [0.1, 0.15) is 24.2 Å². The molecule has 0 aromatic heterocycles. The average molecular weight is 285 g/mol. The van der Waals surface area contributed by atoms with Gasteiger partial charge in [0, 0.05) is 29.2 Å². The molecule has 1 aromatic carbocycles. The highest BCUT2D eigenvalue weighted by Gasteiger charge is 2.26. The lowest BCUT2D eigenvalue weighted by Crippen LogP contribution is -2.46. The first-order chi connectivity index (χ1) is 8.99. The van der Waals surface area contributed by atoms with E-state index in [1.807, 2.05) is 11.8 Å². The van der Waals surface area contributed by atoms with Gasteiger partial charge in [0.1, 0.15) is 0 Å². The van der Waals surface area contributed by atoms with E-state index in [1.54, 1.807) is 0 Å². The zero-order chi connectivity index (χ0) is 14.0. The summed E-state index contributed by atoms with van der Waals surface area (Å²) in [5.41, 5.74) is 0.233. The molecular formula is C14H17F2NOS. The van der Waals surface area contributed by atoms with Crippen molar-refractivity contribution in [2.75, 3.05) is 18.8 Å². The zero-order valence-corrected chi connectivity index (χ0v) is 11.8. The van der Waals surface area contributed by atoms with Gasteiger partial charge < -0.3 is 0 Å². The molecule has 1 fully saturated rings. The monoisotopic (exact) mass is 285 g/mol. The van der Waals surface area contributed by atoms with Gasteiger partial charge in [-0.15, -0.1) is 0 Å². The summed E-state index contributed by atoms with van der Waals surface area (Å²) in [5.74, 6) is -1.06. The molecule has 1 heterocycles. The minimum Gasteiger partial charge on any atom is -0.293 e. The lowest BCUT2D eigenvalue weighted by molar-refractivity contribution is 0.0901. The van der Waals surface area contributed by atoms with E-state index in [-0.39, 0.29) is 17.9 Å². The van der Waals surface area contributed by atoms with E-state index in [1.165, 1.54) is 6.07 Å². The van der Waals surface area contributed by atoms with E-state index in [0.717, 1.165) is 24.4 Å². The molecule has 2 nitrogen and oxygen atoms in total. The van der Waals surface area contributed by atoms with E-state index >= 15 is 0 Å². The number of hydrogen-bond acceptors (Lipinski definition) is 3. The van der Waals surface area contributed by atoms with Gasteiger partial charge in [0.15, 0.2) is 17.4 Å². The maximum Gasteiger partial charge on any atom is 0.176 e. The summed E-state index contributed by atoms with van der Waals surface area (Å²) in [5, 5.41) is 0.478. The lowest BCUT2D eigenvalue weighted by atomic mass is 10.1. The molecule has 0 aliphatic carbocycles. The second-order valence-electron chi connectivity index (χ2n) is 4.84. The first kappa shape index (κ1) is 14.5. The van der Waals surface area contributed by atoms with E-state index in [9.17, 15) is 13.6 Å². The number of Topliss-reactive ketones (excluding diaryl/α,β-unsaturated/α-hetero) is 1. The molecule has 19 heavy (non-hydrogen) atoms. The van der Waals surface area contributed by atoms with Gasteiger partial charge in [0.05, 0.1) is 6.54 Å². The van der Waals surface area contributed by atoms with Gasteiger partial charge in [-0.2, -0.15) is 11.8 Å². The Morgan fingerprint density at radius 2 is 2.11 bits per heavy atom. The third kappa shape index (κ3) is 3.34. The number of rotatable bonds is 3. The van der Waals surface area contributed by atoms with E-state index < -0.39 is 11.6 Å². The summed E-state index contributed by atoms with van der Waals surface area (Å²) in [6.45, 7) is 5.35. The van der Waals surface area contributed by atoms with Crippen LogP contribution in [0.15, 0.2) is 18.2 Å². The summed E-state index contributed by atoms with van der Waals surface area (Å²) in [6, 6.07) is 3.63. The molecule has 0 N–H and O–H groups in total. The first-order valence-corrected chi connectivity index (χ1v) is 7.38. The average Bonchev–Trinajstić information content (AvgIpc) is 2.38. The normalized spacial score (nSPS) is 24.4. The summed E-state index contributed by atoms with van der Waals surface area (Å²) < 4.78 is 25.9. The summed E-state index contributed by atoms with van der Waals surface area (Å²) in [7, 11) is 0. The first-order valence-electron chi connectivity index (χ1n) is 6.33. The Bertz CT molecular complexity index is 481. The Morgan fingerprint density at radius 3 is 2.79 bits per heavy atom. The number of carbonyl (C=O) groups is 1. The third-order valence-corrected chi connectivity index (χ3v) is 4.94. The van der Waals surface area contributed by atoms with Crippen molar-refractivity contribution in [1.29, 1.82) is 0 Å². The number of halogens is 2. The Balaban J connectivity index is 2.06. The number of carbonyl (C=O) groups excluding carboxylic acids is 1. The van der Waals surface area contributed by atoms with Gasteiger partial charge >= 0.3 is 0 Å². The van der Waals surface area contributed by atoms with Crippen LogP contribution in [0.3, 0.4) is 0 Å². The fraction of sp³-hybridized carbons (Fsp3) is 0.500. The Morgan fingerprint density at radius 1 is 1.37 bits per heavy atom. The van der Waals surface area contributed by atoms with Crippen LogP contribution in [-0.2, 0) is 0 Å². The van der Waals surface area contributed by atoms with Crippen LogP contribution >= 0.6 is 11.8 Å². The predicted octanol–water partition coefficient (Wildman–Crippen LogP) is 2.97. The van der Waals surface area contributed by atoms with Gasteiger partial charge in [-0.25, -0.2) is 8.78 Å². The minimum atomic E-state index is -0.971. The summed E-state index contributed by atoms with van der Waals surface area (Å²) in [4.78, 5) is 14.2. The fourth-order valence-electron chi connectivity index (χ4n) is 2.16. The molecular weight excluding hydrogens is 268 g/mol. The quantitative estimate of drug-likeness (QED) is 0.796. The molecule has 1 aromatic rings. The van der Waals surface area contributed by atoms with Crippen molar-refractivity contribution in [3.05, 3.63) is 35.4 Å². The summed E-state index contributed by atoms with van der Waals surface area (Å²) in [6.07, 6.45) is 0. The number of benzene rings is 1. The maximum atomic E-state index is 13.1. The van der Waals surface area contributed by atoms with E-state index in [4.69, 9.17) is 0 Å². The molecule has 1 saturated heterocycles. The molecule has 1 aliphatic heterocycles. The van der Waals surface area contributed by atoms with Crippen LogP contribution in [0.5, 0.6) is 0 Å². The molecule has 1 aliphatic rings. The fourth-order valence-corrected chi connectivity index (χ4v) is 3.33. The Kier molecular flexibility index (Phi) is 4.58. The van der Waals surface area contributed by atoms with Gasteiger partial charge in [-0.05, 0) is 25.1 Å². The smallest absolute Gasteiger partial charge is 0.176 e. The Hall–Kier alpha value is -0.940. The molecule has 5 heteroatoms. The molecule has 2 rings (SSSR count). The van der Waals surface area contributed by atoms with Crippen molar-refractivity contribution in [3.8, 4) is 0 Å². The minimum absolute atomic E-state index is 0.162. The van der Waals surface area contributed by atoms with E-state index in [2.05, 4.69) is 18.7 Å². The van der Waals surface area contributed by atoms with Crippen LogP contribution in [0.2, 0.25) is 0 Å². The highest BCUT2D eigenvalue weighted by Crippen LogP contribution is 2.24. The van der Waals surface area contributed by atoms with Crippen molar-refractivity contribution in [2.24, 2.45) is 0 Å². The molecule has 0 bridgehead atoms. The molecule has 2 atom stereocenters. The van der Waals surface area contributed by atoms with Crippen molar-refractivity contribution in [1.82, 2.24) is 4.90 Å². The van der Waals surface area contributed by atoms with Crippen LogP contribution in [-0.4, -0.2) is 40.8 Å². The largest absolute Gasteiger partial charge is 0.293 e. The second-order valence-corrected chi connectivity index (χ2v) is 6.32. The second kappa shape index (κ2) is 6.01. The number of thioether (sulfide) groups is 1. The number of hydrogen-bond donors (Lipinski definition) is 0. The standard InChI is InChI=1S/C14H17F2NOS/c1-9-10(2)19-6-5-17(9)8-14(18)11-3-4-12(15)13(16)7-11/h3-4,7,9-10H,5-6,8H2,1-2H3. The number of ketones is 1. The van der Waals surface area contributed by atoms with Crippen molar-refractivity contribution in [2.45, 2.75) is 25.1 Å². The zero-order valence-electron chi connectivity index (χ0n) is 11.0. The molecule has 0 spiro atoms. The van der Waals surface area contributed by atoms with Crippen LogP contribution in [0.4, 0.5) is 8.78 Å². The SMILES string of the molecule is CC1SCCN(CC(=O)c2ccc(F)c(F)c2)C1C. The van der Waals surface area contributed by atoms with Crippen LogP contribution in [0.25, 0.3) is 0 Å². The third-order valence-electron chi connectivity index (χ3n) is 3.60. The molecule has 2 unspecified atom stereocenters. The predicted molar refractivity (Wildman–Crippen MR) is 73.6 cm³/mol. The topological polar surface area (TPSA) is 20.3 Å². The van der Waals surface area contributed by atoms with Crippen LogP contribution < -0.4 is 0 Å². The highest BCUT2D eigenvalue weighted by molar-refractivity contribution is 8.00. The Labute approximate surface area is 116 Å². The molecule has 0 saturated carbocycles. The number of nitrogens with zero attached hydrogens (tertiary/aromatic N) is 1. The van der Waals surface area contributed by atoms with Gasteiger partial charge in [-0.3, -0.25) is 9.69 Å². The highest BCUT2D eigenvalue weighted by atomic mass is 32.2. The van der Waals surface area contributed by atoms with Crippen LogP contribution in [0, 0.1) is 11.6 Å². The van der Waals surface area contributed by atoms with Crippen molar-refractivity contribution < 1.29 is 13.6 Å². The van der Waals surface area contributed by atoms with Crippen molar-refractivity contribution in [3.63, 3.8) is 0 Å². The maximum absolute atomic E-state index is 13.1. The van der Waals surface area contributed by atoms with E-state index in [0.29, 0.717) is 11.3 Å². The lowest BCUT2D eigenvalue weighted by Gasteiger charge is -2.36. The summed E-state index contributed by atoms with van der Waals surface area (Å²) >= 11 is 1.89. The molecule has 0 amide bonds. The van der Waals surface area contributed by atoms with Gasteiger partial charge in [-0.1, -0.05) is 6.92 Å². The van der Waals surface area contributed by atoms with Gasteiger partial charge in [0.25, 0.3) is 0 Å². The van der Waals surface area contributed by atoms with Crippen molar-refractivity contribution >= 4 is 17.5 Å². The molecule has 104 valence electrons. The molecule has 0 radical (unpaired) electrons. The van der Waals surface area contributed by atoms with Gasteiger partial charge in [0.2, 0.25) is 0 Å².